The Balaban J connectivity index is 1.70. The number of hydrogen-bond acceptors (Lipinski definition) is 4. The molecule has 3 rings (SSSR count). The highest BCUT2D eigenvalue weighted by molar-refractivity contribution is 7.89. The smallest absolute Gasteiger partial charge is 0.241 e. The Morgan fingerprint density at radius 1 is 1.23 bits per heavy atom. The minimum absolute atomic E-state index is 0.0573. The van der Waals surface area contributed by atoms with Crippen molar-refractivity contribution < 1.29 is 17.6 Å². The number of hydrogen-bond donors (Lipinski definition) is 2. The molecule has 1 heterocycles. The van der Waals surface area contributed by atoms with Crippen LogP contribution in [0.5, 0.6) is 0 Å². The van der Waals surface area contributed by atoms with Crippen LogP contribution >= 0.6 is 0 Å². The highest BCUT2D eigenvalue weighted by Gasteiger charge is 2.29. The van der Waals surface area contributed by atoms with E-state index in [4.69, 9.17) is 4.42 Å². The summed E-state index contributed by atoms with van der Waals surface area (Å²) in [5.74, 6) is 0.539. The highest BCUT2D eigenvalue weighted by atomic mass is 32.2. The van der Waals surface area contributed by atoms with Crippen molar-refractivity contribution in [2.45, 2.75) is 24.3 Å². The Hall–Kier alpha value is -2.12. The summed E-state index contributed by atoms with van der Waals surface area (Å²) in [5, 5.41) is 2.74. The zero-order valence-corrected chi connectivity index (χ0v) is 12.6. The maximum atomic E-state index is 12.2. The third-order valence-corrected chi connectivity index (χ3v) is 4.78. The number of nitrogens with one attached hydrogen (secondary N) is 2. The van der Waals surface area contributed by atoms with Gasteiger partial charge in [0, 0.05) is 11.6 Å². The Morgan fingerprint density at radius 2 is 2.05 bits per heavy atom. The second-order valence-corrected chi connectivity index (χ2v) is 6.96. The van der Waals surface area contributed by atoms with Gasteiger partial charge in [0.25, 0.3) is 0 Å². The molecular weight excluding hydrogens is 304 g/mol. The van der Waals surface area contributed by atoms with Crippen LogP contribution in [0, 0.1) is 5.92 Å². The van der Waals surface area contributed by atoms with Crippen molar-refractivity contribution in [1.82, 2.24) is 4.72 Å². The van der Waals surface area contributed by atoms with Gasteiger partial charge < -0.3 is 9.73 Å². The second-order valence-electron chi connectivity index (χ2n) is 5.20. The van der Waals surface area contributed by atoms with Crippen LogP contribution in [0.25, 0.3) is 0 Å². The molecule has 2 N–H and O–H groups in total. The quantitative estimate of drug-likeness (QED) is 0.853. The van der Waals surface area contributed by atoms with Crippen molar-refractivity contribution in [3.8, 4) is 0 Å². The molecule has 2 aromatic rings. The summed E-state index contributed by atoms with van der Waals surface area (Å²) < 4.78 is 32.0. The summed E-state index contributed by atoms with van der Waals surface area (Å²) in [4.78, 5) is 11.8. The first-order chi connectivity index (χ1) is 10.5. The molecule has 0 aliphatic heterocycles. The van der Waals surface area contributed by atoms with Crippen molar-refractivity contribution in [2.24, 2.45) is 5.92 Å². The van der Waals surface area contributed by atoms with E-state index in [0.717, 1.165) is 12.8 Å². The minimum Gasteiger partial charge on any atom is -0.468 e. The van der Waals surface area contributed by atoms with Crippen LogP contribution in [0.1, 0.15) is 18.6 Å². The van der Waals surface area contributed by atoms with Crippen LogP contribution < -0.4 is 10.0 Å². The normalized spacial score (nSPS) is 14.7. The molecule has 1 aliphatic rings. The summed E-state index contributed by atoms with van der Waals surface area (Å²) in [6, 6.07) is 9.59. The monoisotopic (exact) mass is 320 g/mol. The lowest BCUT2D eigenvalue weighted by atomic mass is 10.3. The molecule has 1 aliphatic carbocycles. The van der Waals surface area contributed by atoms with Crippen molar-refractivity contribution in [3.63, 3.8) is 0 Å². The van der Waals surface area contributed by atoms with Gasteiger partial charge in [-0.3, -0.25) is 4.79 Å². The molecule has 0 unspecified atom stereocenters. The third-order valence-electron chi connectivity index (χ3n) is 3.38. The van der Waals surface area contributed by atoms with Crippen molar-refractivity contribution in [3.05, 3.63) is 48.4 Å². The lowest BCUT2D eigenvalue weighted by Crippen LogP contribution is -2.23. The molecule has 1 fully saturated rings. The molecule has 116 valence electrons. The van der Waals surface area contributed by atoms with E-state index in [1.807, 2.05) is 0 Å². The molecule has 0 spiro atoms. The van der Waals surface area contributed by atoms with Gasteiger partial charge in [0.2, 0.25) is 15.9 Å². The Labute approximate surface area is 128 Å². The molecule has 22 heavy (non-hydrogen) atoms. The number of carbonyl (C=O) groups is 1. The summed E-state index contributed by atoms with van der Waals surface area (Å²) in [6.07, 6.45) is 3.28. The molecule has 1 saturated carbocycles. The van der Waals surface area contributed by atoms with E-state index in [2.05, 4.69) is 10.0 Å². The van der Waals surface area contributed by atoms with Crippen LogP contribution in [0.4, 0.5) is 5.69 Å². The fourth-order valence-corrected chi connectivity index (χ4v) is 3.03. The number of anilines is 1. The van der Waals surface area contributed by atoms with Gasteiger partial charge in [-0.2, -0.15) is 0 Å². The third kappa shape index (κ3) is 3.55. The van der Waals surface area contributed by atoms with Gasteiger partial charge in [0.05, 0.1) is 17.7 Å². The molecule has 7 heteroatoms. The van der Waals surface area contributed by atoms with E-state index in [0.29, 0.717) is 11.4 Å². The Morgan fingerprint density at radius 3 is 2.73 bits per heavy atom. The predicted molar refractivity (Wildman–Crippen MR) is 80.5 cm³/mol. The zero-order valence-electron chi connectivity index (χ0n) is 11.8. The number of furan rings is 1. The van der Waals surface area contributed by atoms with Crippen molar-refractivity contribution in [2.75, 3.05) is 5.32 Å². The molecule has 0 bridgehead atoms. The lowest BCUT2D eigenvalue weighted by molar-refractivity contribution is -0.117. The van der Waals surface area contributed by atoms with E-state index >= 15 is 0 Å². The van der Waals surface area contributed by atoms with Gasteiger partial charge in [-0.25, -0.2) is 13.1 Å². The Bertz CT molecular complexity index is 765. The van der Waals surface area contributed by atoms with E-state index in [1.165, 1.54) is 18.4 Å². The first-order valence-electron chi connectivity index (χ1n) is 6.97. The van der Waals surface area contributed by atoms with Gasteiger partial charge in [0.1, 0.15) is 5.76 Å². The average Bonchev–Trinajstić information content (AvgIpc) is 3.22. The van der Waals surface area contributed by atoms with Crippen LogP contribution in [0.3, 0.4) is 0 Å². The first kappa shape index (κ1) is 14.8. The predicted octanol–water partition coefficient (Wildman–Crippen LogP) is 2.11. The molecule has 1 amide bonds. The second kappa shape index (κ2) is 5.94. The number of rotatable bonds is 6. The number of carbonyl (C=O) groups excluding carboxylic acids is 1. The maximum Gasteiger partial charge on any atom is 0.241 e. The summed E-state index contributed by atoms with van der Waals surface area (Å²) in [6.45, 7) is 0.0774. The first-order valence-corrected chi connectivity index (χ1v) is 8.46. The fourth-order valence-electron chi connectivity index (χ4n) is 1.99. The summed E-state index contributed by atoms with van der Waals surface area (Å²) >= 11 is 0. The van der Waals surface area contributed by atoms with Crippen LogP contribution in [0.15, 0.2) is 52.0 Å². The molecule has 1 aromatic carbocycles. The van der Waals surface area contributed by atoms with Gasteiger partial charge in [-0.1, -0.05) is 6.07 Å². The molecule has 6 nitrogen and oxygen atoms in total. The van der Waals surface area contributed by atoms with Crippen LogP contribution in [0.2, 0.25) is 0 Å². The standard InChI is InChI=1S/C15H16N2O4S/c18-15(11-6-7-11)17-12-3-1-5-14(9-12)22(19,20)16-10-13-4-2-8-21-13/h1-5,8-9,11,16H,6-7,10H2,(H,17,18). The van der Waals surface area contributed by atoms with Crippen molar-refractivity contribution >= 4 is 21.6 Å². The zero-order chi connectivity index (χ0) is 15.6. The van der Waals surface area contributed by atoms with E-state index in [9.17, 15) is 13.2 Å². The van der Waals surface area contributed by atoms with E-state index in [-0.39, 0.29) is 23.3 Å². The average molecular weight is 320 g/mol. The molecule has 0 atom stereocenters. The SMILES string of the molecule is O=C(Nc1cccc(S(=O)(=O)NCc2ccco2)c1)C1CC1. The molecule has 0 saturated heterocycles. The molecule has 1 aromatic heterocycles. The van der Waals surface area contributed by atoms with E-state index < -0.39 is 10.0 Å². The number of sulfonamides is 1. The number of benzene rings is 1. The summed E-state index contributed by atoms with van der Waals surface area (Å²) in [5.41, 5.74) is 0.484. The van der Waals surface area contributed by atoms with Crippen molar-refractivity contribution in [1.29, 1.82) is 0 Å². The minimum atomic E-state index is -3.66. The van der Waals surface area contributed by atoms with Gasteiger partial charge in [-0.15, -0.1) is 0 Å². The maximum absolute atomic E-state index is 12.2. The van der Waals surface area contributed by atoms with E-state index in [1.54, 1.807) is 24.3 Å². The number of amides is 1. The Kier molecular flexibility index (Phi) is 4.00. The topological polar surface area (TPSA) is 88.4 Å². The largest absolute Gasteiger partial charge is 0.468 e. The fraction of sp³-hybridized carbons (Fsp3) is 0.267. The molecular formula is C15H16N2O4S. The van der Waals surface area contributed by atoms with Gasteiger partial charge in [0.15, 0.2) is 0 Å². The van der Waals surface area contributed by atoms with Gasteiger partial charge in [-0.05, 0) is 43.2 Å². The molecule has 0 radical (unpaired) electrons. The highest BCUT2D eigenvalue weighted by Crippen LogP contribution is 2.30. The van der Waals surface area contributed by atoms with Crippen LogP contribution in [-0.2, 0) is 21.4 Å². The summed E-state index contributed by atoms with van der Waals surface area (Å²) in [7, 11) is -3.66. The lowest BCUT2D eigenvalue weighted by Gasteiger charge is -2.08. The van der Waals surface area contributed by atoms with Gasteiger partial charge >= 0.3 is 0 Å². The van der Waals surface area contributed by atoms with Crippen LogP contribution in [-0.4, -0.2) is 14.3 Å².